The number of benzene rings is 1. The van der Waals surface area contributed by atoms with Crippen molar-refractivity contribution in [1.82, 2.24) is 9.97 Å². The summed E-state index contributed by atoms with van der Waals surface area (Å²) in [6.45, 7) is 1.74. The van der Waals surface area contributed by atoms with E-state index < -0.39 is 0 Å². The Labute approximate surface area is 138 Å². The highest BCUT2D eigenvalue weighted by Gasteiger charge is 2.10. The number of rotatable bonds is 5. The molecule has 2 amide bonds. The smallest absolute Gasteiger partial charge is 0.316 e. The monoisotopic (exact) mass is 334 g/mol. The predicted molar refractivity (Wildman–Crippen MR) is 86.9 cm³/mol. The van der Waals surface area contributed by atoms with E-state index in [1.54, 1.807) is 25.1 Å². The molecule has 2 N–H and O–H groups in total. The van der Waals surface area contributed by atoms with Crippen molar-refractivity contribution in [3.63, 3.8) is 0 Å². The molecule has 1 heterocycles. The van der Waals surface area contributed by atoms with Crippen molar-refractivity contribution in [3.05, 3.63) is 41.2 Å². The average molecular weight is 335 g/mol. The number of methoxy groups -OCH3 is 1. The Morgan fingerprint density at radius 2 is 1.91 bits per heavy atom. The largest absolute Gasteiger partial charge is 0.467 e. The van der Waals surface area contributed by atoms with Crippen molar-refractivity contribution in [3.8, 4) is 6.01 Å². The topological polar surface area (TPSA) is 93.2 Å². The van der Waals surface area contributed by atoms with E-state index in [9.17, 15) is 9.59 Å². The van der Waals surface area contributed by atoms with Gasteiger partial charge >= 0.3 is 6.01 Å². The van der Waals surface area contributed by atoms with Crippen LogP contribution in [0.25, 0.3) is 0 Å². The zero-order valence-corrected chi connectivity index (χ0v) is 13.3. The van der Waals surface area contributed by atoms with Crippen molar-refractivity contribution in [2.45, 2.75) is 13.3 Å². The van der Waals surface area contributed by atoms with Gasteiger partial charge in [0.25, 0.3) is 5.91 Å². The third kappa shape index (κ3) is 4.40. The van der Waals surface area contributed by atoms with Crippen LogP contribution < -0.4 is 15.4 Å². The second-order valence-corrected chi connectivity index (χ2v) is 4.92. The molecule has 0 saturated heterocycles. The molecule has 0 saturated carbocycles. The summed E-state index contributed by atoms with van der Waals surface area (Å²) >= 11 is 6.09. The number of aromatic nitrogens is 2. The number of halogens is 1. The molecule has 0 atom stereocenters. The Balaban J connectivity index is 2.08. The lowest BCUT2D eigenvalue weighted by Crippen LogP contribution is -2.13. The van der Waals surface area contributed by atoms with E-state index in [-0.39, 0.29) is 23.4 Å². The van der Waals surface area contributed by atoms with Gasteiger partial charge in [-0.25, -0.2) is 9.97 Å². The van der Waals surface area contributed by atoms with E-state index in [1.165, 1.54) is 19.5 Å². The maximum Gasteiger partial charge on any atom is 0.316 e. The lowest BCUT2D eigenvalue weighted by Gasteiger charge is -2.09. The van der Waals surface area contributed by atoms with Gasteiger partial charge in [-0.2, -0.15) is 0 Å². The summed E-state index contributed by atoms with van der Waals surface area (Å²) < 4.78 is 4.83. The molecule has 1 aromatic carbocycles. The van der Waals surface area contributed by atoms with Gasteiger partial charge in [0.1, 0.15) is 0 Å². The van der Waals surface area contributed by atoms with E-state index in [1.807, 2.05) is 0 Å². The quantitative estimate of drug-likeness (QED) is 0.877. The Morgan fingerprint density at radius 3 is 2.48 bits per heavy atom. The summed E-state index contributed by atoms with van der Waals surface area (Å²) in [5, 5.41) is 5.67. The summed E-state index contributed by atoms with van der Waals surface area (Å²) in [4.78, 5) is 31.2. The van der Waals surface area contributed by atoms with Gasteiger partial charge in [-0.3, -0.25) is 9.59 Å². The molecule has 0 fully saturated rings. The Hall–Kier alpha value is -2.67. The number of hydrogen-bond acceptors (Lipinski definition) is 5. The predicted octanol–water partition coefficient (Wildman–Crippen LogP) is 2.74. The molecule has 0 unspecified atom stereocenters. The number of nitrogens with zero attached hydrogens (tertiary/aromatic N) is 2. The molecular formula is C15H15ClN4O3. The first kappa shape index (κ1) is 16.7. The maximum absolute atomic E-state index is 12.1. The molecule has 0 bridgehead atoms. The summed E-state index contributed by atoms with van der Waals surface area (Å²) in [6, 6.07) is 4.99. The minimum atomic E-state index is -0.380. The van der Waals surface area contributed by atoms with E-state index in [2.05, 4.69) is 20.6 Å². The van der Waals surface area contributed by atoms with E-state index in [0.29, 0.717) is 22.8 Å². The second kappa shape index (κ2) is 7.55. The molecule has 0 aliphatic rings. The third-order valence-corrected chi connectivity index (χ3v) is 3.21. The zero-order valence-electron chi connectivity index (χ0n) is 12.6. The highest BCUT2D eigenvalue weighted by Crippen LogP contribution is 2.26. The fraction of sp³-hybridized carbons (Fsp3) is 0.200. The number of carbonyl (C=O) groups is 2. The van der Waals surface area contributed by atoms with Crippen LogP contribution in [0.2, 0.25) is 5.02 Å². The molecule has 7 nitrogen and oxygen atoms in total. The molecule has 23 heavy (non-hydrogen) atoms. The number of anilines is 2. The molecule has 120 valence electrons. The lowest BCUT2D eigenvalue weighted by atomic mass is 10.2. The first-order chi connectivity index (χ1) is 11.0. The maximum atomic E-state index is 12.1. The number of carbonyl (C=O) groups excluding carboxylic acids is 2. The summed E-state index contributed by atoms with van der Waals surface area (Å²) in [5.74, 6) is -0.520. The second-order valence-electron chi connectivity index (χ2n) is 4.51. The highest BCUT2D eigenvalue weighted by atomic mass is 35.5. The minimum absolute atomic E-state index is 0.140. The normalized spacial score (nSPS) is 10.0. The van der Waals surface area contributed by atoms with Crippen LogP contribution in [0.1, 0.15) is 23.7 Å². The van der Waals surface area contributed by atoms with Crippen molar-refractivity contribution >= 4 is 34.8 Å². The van der Waals surface area contributed by atoms with Crippen LogP contribution in [0.4, 0.5) is 11.4 Å². The van der Waals surface area contributed by atoms with Crippen molar-refractivity contribution in [1.29, 1.82) is 0 Å². The average Bonchev–Trinajstić information content (AvgIpc) is 2.57. The van der Waals surface area contributed by atoms with E-state index in [0.717, 1.165) is 0 Å². The Morgan fingerprint density at radius 1 is 1.22 bits per heavy atom. The van der Waals surface area contributed by atoms with Crippen LogP contribution in [0.3, 0.4) is 0 Å². The molecule has 1 aromatic heterocycles. The van der Waals surface area contributed by atoms with Gasteiger partial charge in [0.2, 0.25) is 5.91 Å². The molecule has 0 radical (unpaired) electrons. The fourth-order valence-electron chi connectivity index (χ4n) is 1.67. The van der Waals surface area contributed by atoms with Crippen LogP contribution in [0, 0.1) is 0 Å². The minimum Gasteiger partial charge on any atom is -0.467 e. The van der Waals surface area contributed by atoms with Gasteiger partial charge in [0.15, 0.2) is 0 Å². The fourth-order valence-corrected chi connectivity index (χ4v) is 1.90. The molecular weight excluding hydrogens is 320 g/mol. The Bertz CT molecular complexity index is 719. The lowest BCUT2D eigenvalue weighted by molar-refractivity contribution is -0.115. The molecule has 8 heteroatoms. The van der Waals surface area contributed by atoms with Gasteiger partial charge < -0.3 is 15.4 Å². The number of hydrogen-bond donors (Lipinski definition) is 2. The summed E-state index contributed by atoms with van der Waals surface area (Å²) in [5.41, 5.74) is 1.26. The molecule has 0 spiro atoms. The standard InChI is InChI=1S/C15H15ClN4O3/c1-3-13(21)20-12-5-4-10(6-11(12)16)19-14(22)9-7-17-15(23-2)18-8-9/h4-8H,3H2,1-2H3,(H,19,22)(H,20,21). The molecule has 0 aliphatic carbocycles. The van der Waals surface area contributed by atoms with Gasteiger partial charge in [-0.05, 0) is 18.2 Å². The van der Waals surface area contributed by atoms with Gasteiger partial charge in [-0.1, -0.05) is 18.5 Å². The van der Waals surface area contributed by atoms with Gasteiger partial charge in [-0.15, -0.1) is 0 Å². The number of ether oxygens (including phenoxy) is 1. The van der Waals surface area contributed by atoms with Crippen molar-refractivity contribution in [2.24, 2.45) is 0 Å². The molecule has 2 aromatic rings. The van der Waals surface area contributed by atoms with Gasteiger partial charge in [0, 0.05) is 24.5 Å². The van der Waals surface area contributed by atoms with Crippen LogP contribution in [-0.2, 0) is 4.79 Å². The Kier molecular flexibility index (Phi) is 5.48. The highest BCUT2D eigenvalue weighted by molar-refractivity contribution is 6.34. The molecule has 2 rings (SSSR count). The number of amides is 2. The van der Waals surface area contributed by atoms with Gasteiger partial charge in [0.05, 0.1) is 23.4 Å². The van der Waals surface area contributed by atoms with Crippen molar-refractivity contribution < 1.29 is 14.3 Å². The van der Waals surface area contributed by atoms with E-state index >= 15 is 0 Å². The molecule has 0 aliphatic heterocycles. The first-order valence-corrected chi connectivity index (χ1v) is 7.18. The zero-order chi connectivity index (χ0) is 16.8. The summed E-state index contributed by atoms with van der Waals surface area (Å²) in [7, 11) is 1.44. The SMILES string of the molecule is CCC(=O)Nc1ccc(NC(=O)c2cnc(OC)nc2)cc1Cl. The van der Waals surface area contributed by atoms with Crippen LogP contribution in [0.5, 0.6) is 6.01 Å². The van der Waals surface area contributed by atoms with Crippen LogP contribution >= 0.6 is 11.6 Å². The number of nitrogens with one attached hydrogen (secondary N) is 2. The van der Waals surface area contributed by atoms with Crippen molar-refractivity contribution in [2.75, 3.05) is 17.7 Å². The third-order valence-electron chi connectivity index (χ3n) is 2.90. The summed E-state index contributed by atoms with van der Waals surface area (Å²) in [6.07, 6.45) is 3.07. The first-order valence-electron chi connectivity index (χ1n) is 6.80. The van der Waals surface area contributed by atoms with Crippen LogP contribution in [0.15, 0.2) is 30.6 Å². The van der Waals surface area contributed by atoms with Crippen LogP contribution in [-0.4, -0.2) is 28.9 Å². The van der Waals surface area contributed by atoms with E-state index in [4.69, 9.17) is 16.3 Å².